The zero-order chi connectivity index (χ0) is 9.84. The molecule has 0 aromatic carbocycles. The third-order valence-corrected chi connectivity index (χ3v) is 1.46. The number of hydrogen-bond donors (Lipinski definition) is 2. The van der Waals surface area contributed by atoms with Gasteiger partial charge in [0.05, 0.1) is 12.3 Å². The number of hydrogen-bond acceptors (Lipinski definition) is 4. The van der Waals surface area contributed by atoms with E-state index in [4.69, 9.17) is 16.7 Å². The molecule has 1 rings (SSSR count). The van der Waals surface area contributed by atoms with E-state index in [0.29, 0.717) is 0 Å². The summed E-state index contributed by atoms with van der Waals surface area (Å²) in [5.74, 6) is -0.592. The van der Waals surface area contributed by atoms with Crippen LogP contribution < -0.4 is 5.32 Å². The Hall–Kier alpha value is -0.940. The summed E-state index contributed by atoms with van der Waals surface area (Å²) in [5, 5.41) is 11.5. The summed E-state index contributed by atoms with van der Waals surface area (Å²) in [7, 11) is 0. The van der Waals surface area contributed by atoms with Crippen molar-refractivity contribution in [1.29, 1.82) is 0 Å². The van der Waals surface area contributed by atoms with E-state index in [9.17, 15) is 4.39 Å². The Morgan fingerprint density at radius 1 is 1.77 bits per heavy atom. The molecule has 0 aliphatic rings. The Morgan fingerprint density at radius 3 is 3.08 bits per heavy atom. The summed E-state index contributed by atoms with van der Waals surface area (Å²) in [6.07, 6.45) is 0.396. The van der Waals surface area contributed by atoms with Gasteiger partial charge in [-0.25, -0.2) is 9.37 Å². The summed E-state index contributed by atoms with van der Waals surface area (Å²) in [5.41, 5.74) is 0. The Kier molecular flexibility index (Phi) is 3.39. The van der Waals surface area contributed by atoms with Gasteiger partial charge < -0.3 is 10.4 Å². The lowest BCUT2D eigenvalue weighted by atomic mass is 10.4. The highest BCUT2D eigenvalue weighted by molar-refractivity contribution is 6.28. The zero-order valence-electron chi connectivity index (χ0n) is 6.96. The van der Waals surface area contributed by atoms with Crippen LogP contribution in [0.5, 0.6) is 0 Å². The fourth-order valence-electron chi connectivity index (χ4n) is 0.714. The minimum atomic E-state index is -0.593. The van der Waals surface area contributed by atoms with Gasteiger partial charge in [-0.05, 0) is 18.5 Å². The molecule has 6 heteroatoms. The molecule has 13 heavy (non-hydrogen) atoms. The predicted octanol–water partition coefficient (Wildman–Crippen LogP) is 1.06. The van der Waals surface area contributed by atoms with Crippen molar-refractivity contribution in [3.63, 3.8) is 0 Å². The van der Waals surface area contributed by atoms with E-state index in [2.05, 4.69) is 15.3 Å². The van der Waals surface area contributed by atoms with Gasteiger partial charge in [0.15, 0.2) is 11.6 Å². The predicted molar refractivity (Wildman–Crippen MR) is 47.2 cm³/mol. The van der Waals surface area contributed by atoms with Crippen molar-refractivity contribution in [1.82, 2.24) is 9.97 Å². The summed E-state index contributed by atoms with van der Waals surface area (Å²) < 4.78 is 12.9. The van der Waals surface area contributed by atoms with E-state index >= 15 is 0 Å². The molecule has 0 saturated heterocycles. The SMILES string of the molecule is CC(O)CNc1nc(Cl)ncc1F. The molecule has 1 atom stereocenters. The first-order valence-electron chi connectivity index (χ1n) is 3.69. The smallest absolute Gasteiger partial charge is 0.224 e. The molecule has 4 nitrogen and oxygen atoms in total. The molecule has 0 aliphatic heterocycles. The topological polar surface area (TPSA) is 58.0 Å². The molecule has 72 valence electrons. The van der Waals surface area contributed by atoms with Crippen molar-refractivity contribution in [3.05, 3.63) is 17.3 Å². The highest BCUT2D eigenvalue weighted by atomic mass is 35.5. The summed E-state index contributed by atoms with van der Waals surface area (Å²) in [6.45, 7) is 1.79. The molecule has 0 radical (unpaired) electrons. The van der Waals surface area contributed by atoms with Crippen molar-refractivity contribution < 1.29 is 9.50 Å². The molecule has 0 fully saturated rings. The number of nitrogens with zero attached hydrogens (tertiary/aromatic N) is 2. The maximum absolute atomic E-state index is 12.9. The van der Waals surface area contributed by atoms with Crippen molar-refractivity contribution >= 4 is 17.4 Å². The monoisotopic (exact) mass is 205 g/mol. The summed E-state index contributed by atoms with van der Waals surface area (Å²) >= 11 is 5.44. The van der Waals surface area contributed by atoms with Gasteiger partial charge in [-0.15, -0.1) is 0 Å². The standard InChI is InChI=1S/C7H9ClFN3O/c1-4(13)2-10-6-5(9)3-11-7(8)12-6/h3-4,13H,2H2,1H3,(H,10,11,12). The third kappa shape index (κ3) is 3.12. The average molecular weight is 206 g/mol. The van der Waals surface area contributed by atoms with Crippen LogP contribution >= 0.6 is 11.6 Å². The Labute approximate surface area is 79.8 Å². The lowest BCUT2D eigenvalue weighted by molar-refractivity contribution is 0.208. The van der Waals surface area contributed by atoms with Crippen LogP contribution in [0.1, 0.15) is 6.92 Å². The Morgan fingerprint density at radius 2 is 2.46 bits per heavy atom. The van der Waals surface area contributed by atoms with Crippen LogP contribution in [0.4, 0.5) is 10.2 Å². The lowest BCUT2D eigenvalue weighted by Gasteiger charge is -2.07. The maximum atomic E-state index is 12.9. The minimum Gasteiger partial charge on any atom is -0.392 e. The molecular formula is C7H9ClFN3O. The van der Waals surface area contributed by atoms with E-state index in [1.807, 2.05) is 0 Å². The van der Waals surface area contributed by atoms with Crippen molar-refractivity contribution in [2.75, 3.05) is 11.9 Å². The molecule has 1 unspecified atom stereocenters. The lowest BCUT2D eigenvalue weighted by Crippen LogP contribution is -2.17. The molecule has 0 spiro atoms. The molecule has 0 aliphatic carbocycles. The second-order valence-electron chi connectivity index (χ2n) is 2.57. The molecule has 1 heterocycles. The van der Waals surface area contributed by atoms with Crippen LogP contribution in [0.15, 0.2) is 6.20 Å². The van der Waals surface area contributed by atoms with Gasteiger partial charge in [-0.1, -0.05) is 0 Å². The van der Waals surface area contributed by atoms with E-state index in [0.717, 1.165) is 6.20 Å². The van der Waals surface area contributed by atoms with Gasteiger partial charge in [0.1, 0.15) is 0 Å². The number of aromatic nitrogens is 2. The van der Waals surface area contributed by atoms with Crippen LogP contribution in [0.2, 0.25) is 5.28 Å². The second kappa shape index (κ2) is 4.34. The van der Waals surface area contributed by atoms with E-state index < -0.39 is 11.9 Å². The van der Waals surface area contributed by atoms with Gasteiger partial charge >= 0.3 is 0 Å². The van der Waals surface area contributed by atoms with Crippen LogP contribution in [0.25, 0.3) is 0 Å². The van der Waals surface area contributed by atoms with Gasteiger partial charge in [-0.2, -0.15) is 4.98 Å². The van der Waals surface area contributed by atoms with Crippen LogP contribution in [0, 0.1) is 5.82 Å². The molecular weight excluding hydrogens is 197 g/mol. The van der Waals surface area contributed by atoms with E-state index in [-0.39, 0.29) is 17.6 Å². The Balaban J connectivity index is 2.70. The highest BCUT2D eigenvalue weighted by Crippen LogP contribution is 2.11. The molecule has 0 bridgehead atoms. The Bertz CT molecular complexity index is 295. The first-order chi connectivity index (χ1) is 6.09. The van der Waals surface area contributed by atoms with E-state index in [1.165, 1.54) is 0 Å². The average Bonchev–Trinajstić information content (AvgIpc) is 2.06. The molecule has 2 N–H and O–H groups in total. The number of nitrogens with one attached hydrogen (secondary N) is 1. The quantitative estimate of drug-likeness (QED) is 0.725. The van der Waals surface area contributed by atoms with Crippen LogP contribution in [-0.2, 0) is 0 Å². The fraction of sp³-hybridized carbons (Fsp3) is 0.429. The van der Waals surface area contributed by atoms with Gasteiger partial charge in [-0.3, -0.25) is 0 Å². The normalized spacial score (nSPS) is 12.6. The van der Waals surface area contributed by atoms with Crippen molar-refractivity contribution in [2.24, 2.45) is 0 Å². The summed E-state index contributed by atoms with van der Waals surface area (Å²) in [6, 6.07) is 0. The van der Waals surface area contributed by atoms with Crippen molar-refractivity contribution in [3.8, 4) is 0 Å². The highest BCUT2D eigenvalue weighted by Gasteiger charge is 2.05. The van der Waals surface area contributed by atoms with Crippen molar-refractivity contribution in [2.45, 2.75) is 13.0 Å². The van der Waals surface area contributed by atoms with Gasteiger partial charge in [0.2, 0.25) is 5.28 Å². The molecule has 0 saturated carbocycles. The number of aliphatic hydroxyl groups excluding tert-OH is 1. The number of aliphatic hydroxyl groups is 1. The molecule has 1 aromatic heterocycles. The molecule has 0 amide bonds. The third-order valence-electron chi connectivity index (χ3n) is 1.28. The zero-order valence-corrected chi connectivity index (χ0v) is 7.72. The number of halogens is 2. The van der Waals surface area contributed by atoms with E-state index in [1.54, 1.807) is 6.92 Å². The number of rotatable bonds is 3. The van der Waals surface area contributed by atoms with Gasteiger partial charge in [0.25, 0.3) is 0 Å². The van der Waals surface area contributed by atoms with Gasteiger partial charge in [0, 0.05) is 6.54 Å². The van der Waals surface area contributed by atoms with Crippen LogP contribution in [0.3, 0.4) is 0 Å². The second-order valence-corrected chi connectivity index (χ2v) is 2.90. The van der Waals surface area contributed by atoms with Crippen LogP contribution in [-0.4, -0.2) is 27.7 Å². The fourth-order valence-corrected chi connectivity index (χ4v) is 0.847. The first kappa shape index (κ1) is 10.1. The summed E-state index contributed by atoms with van der Waals surface area (Å²) in [4.78, 5) is 7.05. The maximum Gasteiger partial charge on any atom is 0.224 e. The number of anilines is 1. The molecule has 1 aromatic rings. The minimum absolute atomic E-state index is 0.000833. The largest absolute Gasteiger partial charge is 0.392 e. The first-order valence-corrected chi connectivity index (χ1v) is 4.07.